The molecule has 0 aromatic rings. The predicted octanol–water partition coefficient (Wildman–Crippen LogP) is 1.81. The number of amides is 1. The van der Waals surface area contributed by atoms with Crippen molar-refractivity contribution >= 4 is 5.91 Å². The molecule has 0 heterocycles. The minimum Gasteiger partial charge on any atom is -0.349 e. The molecule has 88 valence electrons. The fourth-order valence-corrected chi connectivity index (χ4v) is 1.96. The van der Waals surface area contributed by atoms with Crippen LogP contribution < -0.4 is 11.1 Å². The van der Waals surface area contributed by atoms with E-state index in [-0.39, 0.29) is 11.4 Å². The fourth-order valence-electron chi connectivity index (χ4n) is 1.96. The maximum Gasteiger partial charge on any atom is 0.220 e. The molecule has 1 saturated carbocycles. The van der Waals surface area contributed by atoms with Crippen molar-refractivity contribution in [2.75, 3.05) is 6.54 Å². The second-order valence-corrected chi connectivity index (χ2v) is 4.90. The van der Waals surface area contributed by atoms with Gasteiger partial charge in [0.2, 0.25) is 5.91 Å². The maximum absolute atomic E-state index is 11.7. The first-order valence-corrected chi connectivity index (χ1v) is 6.13. The first kappa shape index (κ1) is 12.5. The van der Waals surface area contributed by atoms with Crippen molar-refractivity contribution in [3.8, 4) is 0 Å². The Balaban J connectivity index is 2.28. The second-order valence-electron chi connectivity index (χ2n) is 4.90. The molecule has 1 atom stereocenters. The molecule has 0 radical (unpaired) electrons. The molecule has 0 saturated heterocycles. The van der Waals surface area contributed by atoms with Gasteiger partial charge in [-0.2, -0.15) is 0 Å². The second kappa shape index (κ2) is 5.50. The molecule has 0 bridgehead atoms. The van der Waals surface area contributed by atoms with Crippen LogP contribution in [0.5, 0.6) is 0 Å². The molecule has 3 heteroatoms. The van der Waals surface area contributed by atoms with Gasteiger partial charge in [0.25, 0.3) is 0 Å². The molecule has 1 unspecified atom stereocenters. The highest BCUT2D eigenvalue weighted by Gasteiger charge is 2.41. The quantitative estimate of drug-likeness (QED) is 0.632. The van der Waals surface area contributed by atoms with Gasteiger partial charge < -0.3 is 11.1 Å². The van der Waals surface area contributed by atoms with E-state index in [1.54, 1.807) is 0 Å². The van der Waals surface area contributed by atoms with E-state index in [0.717, 1.165) is 19.3 Å². The van der Waals surface area contributed by atoms with Crippen LogP contribution in [0.2, 0.25) is 0 Å². The minimum atomic E-state index is -0.150. The molecule has 15 heavy (non-hydrogen) atoms. The van der Waals surface area contributed by atoms with E-state index in [1.807, 2.05) is 0 Å². The number of unbranched alkanes of at least 4 members (excludes halogenated alkanes) is 2. The first-order valence-electron chi connectivity index (χ1n) is 6.13. The Hall–Kier alpha value is -0.570. The van der Waals surface area contributed by atoms with Crippen molar-refractivity contribution < 1.29 is 4.79 Å². The Bertz CT molecular complexity index is 214. The summed E-state index contributed by atoms with van der Waals surface area (Å²) >= 11 is 0. The van der Waals surface area contributed by atoms with Gasteiger partial charge in [-0.25, -0.2) is 0 Å². The van der Waals surface area contributed by atoms with Gasteiger partial charge in [0, 0.05) is 13.0 Å². The van der Waals surface area contributed by atoms with Crippen LogP contribution in [0.3, 0.4) is 0 Å². The molecule has 0 aromatic heterocycles. The van der Waals surface area contributed by atoms with Crippen LogP contribution in [-0.4, -0.2) is 18.0 Å². The van der Waals surface area contributed by atoms with Crippen molar-refractivity contribution in [1.29, 1.82) is 0 Å². The van der Waals surface area contributed by atoms with Crippen molar-refractivity contribution in [2.45, 2.75) is 57.9 Å². The number of carbonyl (C=O) groups is 1. The van der Waals surface area contributed by atoms with Crippen LogP contribution >= 0.6 is 0 Å². The Morgan fingerprint density at radius 1 is 1.47 bits per heavy atom. The van der Waals surface area contributed by atoms with Gasteiger partial charge in [0.1, 0.15) is 0 Å². The number of carbonyl (C=O) groups excluding carboxylic acids is 1. The lowest BCUT2D eigenvalue weighted by Gasteiger charge is -2.29. The van der Waals surface area contributed by atoms with Crippen molar-refractivity contribution in [3.05, 3.63) is 0 Å². The Labute approximate surface area is 92.8 Å². The predicted molar refractivity (Wildman–Crippen MR) is 62.5 cm³/mol. The fraction of sp³-hybridized carbons (Fsp3) is 0.917. The highest BCUT2D eigenvalue weighted by atomic mass is 16.1. The van der Waals surface area contributed by atoms with Crippen LogP contribution in [0.4, 0.5) is 0 Å². The lowest BCUT2D eigenvalue weighted by Crippen LogP contribution is -2.53. The van der Waals surface area contributed by atoms with Gasteiger partial charge in [-0.15, -0.1) is 0 Å². The van der Waals surface area contributed by atoms with Crippen molar-refractivity contribution in [1.82, 2.24) is 5.32 Å². The molecule has 3 N–H and O–H groups in total. The Morgan fingerprint density at radius 3 is 2.60 bits per heavy atom. The summed E-state index contributed by atoms with van der Waals surface area (Å²) in [6.07, 6.45) is 6.36. The zero-order chi connectivity index (χ0) is 11.3. The summed E-state index contributed by atoms with van der Waals surface area (Å²) in [7, 11) is 0. The number of nitrogens with two attached hydrogens (primary N) is 1. The number of rotatable bonds is 7. The van der Waals surface area contributed by atoms with Gasteiger partial charge in [-0.05, 0) is 32.1 Å². The summed E-state index contributed by atoms with van der Waals surface area (Å²) in [4.78, 5) is 11.7. The molecular formula is C12H24N2O. The summed E-state index contributed by atoms with van der Waals surface area (Å²) in [6.45, 7) is 4.77. The monoisotopic (exact) mass is 212 g/mol. The average molecular weight is 212 g/mol. The van der Waals surface area contributed by atoms with Crippen LogP contribution in [0.15, 0.2) is 0 Å². The average Bonchev–Trinajstić information content (AvgIpc) is 3.01. The molecule has 1 amide bonds. The molecule has 1 aliphatic rings. The number of hydrogen-bond acceptors (Lipinski definition) is 2. The lowest BCUT2D eigenvalue weighted by molar-refractivity contribution is -0.123. The van der Waals surface area contributed by atoms with E-state index in [0.29, 0.717) is 18.9 Å². The molecule has 0 aliphatic heterocycles. The Kier molecular flexibility index (Phi) is 4.58. The van der Waals surface area contributed by atoms with Crippen LogP contribution in [0, 0.1) is 5.92 Å². The third-order valence-corrected chi connectivity index (χ3v) is 3.33. The van der Waals surface area contributed by atoms with E-state index in [9.17, 15) is 4.79 Å². The molecule has 1 fully saturated rings. The zero-order valence-electron chi connectivity index (χ0n) is 10.0. The summed E-state index contributed by atoms with van der Waals surface area (Å²) in [5.41, 5.74) is 5.59. The van der Waals surface area contributed by atoms with Gasteiger partial charge in [0.05, 0.1) is 5.54 Å². The van der Waals surface area contributed by atoms with Crippen molar-refractivity contribution in [2.24, 2.45) is 11.7 Å². The third kappa shape index (κ3) is 3.82. The summed E-state index contributed by atoms with van der Waals surface area (Å²) in [5.74, 6) is 0.779. The highest BCUT2D eigenvalue weighted by Crippen LogP contribution is 2.38. The van der Waals surface area contributed by atoms with E-state index in [2.05, 4.69) is 19.2 Å². The van der Waals surface area contributed by atoms with E-state index in [1.165, 1.54) is 12.8 Å². The van der Waals surface area contributed by atoms with Gasteiger partial charge in [0.15, 0.2) is 0 Å². The largest absolute Gasteiger partial charge is 0.349 e. The van der Waals surface area contributed by atoms with Crippen LogP contribution in [-0.2, 0) is 4.79 Å². The molecule has 3 nitrogen and oxygen atoms in total. The first-order chi connectivity index (χ1) is 7.12. The lowest BCUT2D eigenvalue weighted by atomic mass is 9.95. The molecule has 0 spiro atoms. The molecular weight excluding hydrogens is 188 g/mol. The van der Waals surface area contributed by atoms with Crippen molar-refractivity contribution in [3.63, 3.8) is 0 Å². The topological polar surface area (TPSA) is 55.1 Å². The standard InChI is InChI=1S/C12H24N2O/c1-3-4-5-6-11(15)14-12(2,9-13)10-7-8-10/h10H,3-9,13H2,1-2H3,(H,14,15). The van der Waals surface area contributed by atoms with Gasteiger partial charge in [-0.1, -0.05) is 19.8 Å². The summed E-state index contributed by atoms with van der Waals surface area (Å²) in [5, 5.41) is 3.10. The summed E-state index contributed by atoms with van der Waals surface area (Å²) < 4.78 is 0. The molecule has 1 aliphatic carbocycles. The van der Waals surface area contributed by atoms with Crippen LogP contribution in [0.1, 0.15) is 52.4 Å². The van der Waals surface area contributed by atoms with E-state index in [4.69, 9.17) is 5.73 Å². The molecule has 0 aromatic carbocycles. The minimum absolute atomic E-state index is 0.150. The third-order valence-electron chi connectivity index (χ3n) is 3.33. The zero-order valence-corrected chi connectivity index (χ0v) is 10.0. The maximum atomic E-state index is 11.7. The van der Waals surface area contributed by atoms with Gasteiger partial charge >= 0.3 is 0 Å². The van der Waals surface area contributed by atoms with E-state index >= 15 is 0 Å². The molecule has 1 rings (SSSR count). The summed E-state index contributed by atoms with van der Waals surface area (Å²) in [6, 6.07) is 0. The van der Waals surface area contributed by atoms with E-state index < -0.39 is 0 Å². The smallest absolute Gasteiger partial charge is 0.220 e. The van der Waals surface area contributed by atoms with Gasteiger partial charge in [-0.3, -0.25) is 4.79 Å². The number of hydrogen-bond donors (Lipinski definition) is 2. The normalized spacial score (nSPS) is 19.7. The van der Waals surface area contributed by atoms with Crippen LogP contribution in [0.25, 0.3) is 0 Å². The SMILES string of the molecule is CCCCCC(=O)NC(C)(CN)C1CC1. The number of nitrogens with one attached hydrogen (secondary N) is 1. The highest BCUT2D eigenvalue weighted by molar-refractivity contribution is 5.76. The Morgan fingerprint density at radius 2 is 2.13 bits per heavy atom.